The number of benzene rings is 2. The molecule has 0 bridgehead atoms. The van der Waals surface area contributed by atoms with E-state index >= 15 is 0 Å². The van der Waals surface area contributed by atoms with Crippen LogP contribution >= 0.6 is 0 Å². The van der Waals surface area contributed by atoms with Crippen molar-refractivity contribution in [2.45, 2.75) is 38.1 Å². The molecule has 2 aromatic rings. The van der Waals surface area contributed by atoms with Gasteiger partial charge in [-0.25, -0.2) is 0 Å². The summed E-state index contributed by atoms with van der Waals surface area (Å²) in [5.74, 6) is -0.906. The maximum Gasteiger partial charge on any atom is 0.320 e. The second kappa shape index (κ2) is 8.35. The molecule has 0 aromatic heterocycles. The minimum atomic E-state index is -0.906. The molecule has 0 heterocycles. The Labute approximate surface area is 131 Å². The maximum absolute atomic E-state index is 10.6. The molecule has 0 aliphatic heterocycles. The third-order valence-electron chi connectivity index (χ3n) is 3.86. The molecule has 0 saturated carbocycles. The van der Waals surface area contributed by atoms with Crippen molar-refractivity contribution >= 4 is 5.97 Å². The second-order valence-electron chi connectivity index (χ2n) is 5.61. The Morgan fingerprint density at radius 3 is 2.18 bits per heavy atom. The zero-order valence-corrected chi connectivity index (χ0v) is 12.7. The molecule has 0 spiro atoms. The highest BCUT2D eigenvalue weighted by atomic mass is 16.4. The first-order valence-corrected chi connectivity index (χ1v) is 7.79. The van der Waals surface area contributed by atoms with Gasteiger partial charge in [0.1, 0.15) is 6.04 Å². The van der Waals surface area contributed by atoms with Gasteiger partial charge in [0.25, 0.3) is 0 Å². The predicted molar refractivity (Wildman–Crippen MR) is 89.7 cm³/mol. The number of hydrogen-bond donors (Lipinski definition) is 2. The Kier molecular flexibility index (Phi) is 6.16. The molecule has 1 atom stereocenters. The van der Waals surface area contributed by atoms with Gasteiger partial charge in [-0.2, -0.15) is 0 Å². The molecular formula is C19H23NO2. The quantitative estimate of drug-likeness (QED) is 0.727. The summed E-state index contributed by atoms with van der Waals surface area (Å²) in [6.07, 6.45) is 4.54. The van der Waals surface area contributed by atoms with Crippen LogP contribution in [0.15, 0.2) is 54.6 Å². The van der Waals surface area contributed by atoms with E-state index in [0.717, 1.165) is 25.7 Å². The normalized spacial score (nSPS) is 12.0. The van der Waals surface area contributed by atoms with Gasteiger partial charge in [-0.1, -0.05) is 67.4 Å². The molecule has 0 aliphatic rings. The number of hydrogen-bond acceptors (Lipinski definition) is 2. The maximum atomic E-state index is 10.6. The molecule has 2 rings (SSSR count). The van der Waals surface area contributed by atoms with Crippen LogP contribution in [0.4, 0.5) is 0 Å². The molecule has 22 heavy (non-hydrogen) atoms. The zero-order chi connectivity index (χ0) is 15.8. The van der Waals surface area contributed by atoms with Crippen molar-refractivity contribution in [2.75, 3.05) is 0 Å². The Hall–Kier alpha value is -2.13. The number of carbonyl (C=O) groups is 1. The summed E-state index contributed by atoms with van der Waals surface area (Å²) >= 11 is 0. The van der Waals surface area contributed by atoms with E-state index in [0.29, 0.717) is 6.42 Å². The van der Waals surface area contributed by atoms with Crippen LogP contribution in [0.3, 0.4) is 0 Å². The topological polar surface area (TPSA) is 63.3 Å². The lowest BCUT2D eigenvalue weighted by Gasteiger charge is -2.07. The Balaban J connectivity index is 1.74. The highest BCUT2D eigenvalue weighted by Gasteiger charge is 2.09. The monoisotopic (exact) mass is 297 g/mol. The van der Waals surface area contributed by atoms with Crippen molar-refractivity contribution in [2.24, 2.45) is 5.73 Å². The van der Waals surface area contributed by atoms with Gasteiger partial charge in [0.2, 0.25) is 0 Å². The molecule has 0 fully saturated rings. The van der Waals surface area contributed by atoms with Gasteiger partial charge in [-0.05, 0) is 36.0 Å². The van der Waals surface area contributed by atoms with Crippen LogP contribution in [0.1, 0.15) is 31.2 Å². The molecule has 116 valence electrons. The van der Waals surface area contributed by atoms with Crippen LogP contribution in [-0.4, -0.2) is 17.1 Å². The van der Waals surface area contributed by atoms with Gasteiger partial charge in [0.05, 0.1) is 0 Å². The second-order valence-corrected chi connectivity index (χ2v) is 5.61. The van der Waals surface area contributed by atoms with E-state index in [4.69, 9.17) is 10.8 Å². The molecule has 2 aromatic carbocycles. The van der Waals surface area contributed by atoms with Gasteiger partial charge in [0, 0.05) is 0 Å². The number of carboxylic acid groups (broad SMARTS) is 1. The van der Waals surface area contributed by atoms with Crippen LogP contribution in [-0.2, 0) is 11.2 Å². The number of aliphatic carboxylic acids is 1. The summed E-state index contributed by atoms with van der Waals surface area (Å²) in [5, 5.41) is 8.71. The summed E-state index contributed by atoms with van der Waals surface area (Å²) in [6, 6.07) is 18.3. The molecule has 0 saturated heterocycles. The number of unbranched alkanes of at least 4 members (excludes halogenated alkanes) is 2. The number of nitrogens with two attached hydrogens (primary N) is 1. The lowest BCUT2D eigenvalue weighted by molar-refractivity contribution is -0.138. The predicted octanol–water partition coefficient (Wildman–Crippen LogP) is 3.87. The van der Waals surface area contributed by atoms with E-state index in [1.54, 1.807) is 0 Å². The first kappa shape index (κ1) is 16.2. The van der Waals surface area contributed by atoms with Crippen molar-refractivity contribution in [3.63, 3.8) is 0 Å². The van der Waals surface area contributed by atoms with Gasteiger partial charge in [-0.3, -0.25) is 4.79 Å². The van der Waals surface area contributed by atoms with Gasteiger partial charge >= 0.3 is 5.97 Å². The largest absolute Gasteiger partial charge is 0.480 e. The average Bonchev–Trinajstić information content (AvgIpc) is 2.55. The lowest BCUT2D eigenvalue weighted by atomic mass is 10.0. The van der Waals surface area contributed by atoms with Gasteiger partial charge in [-0.15, -0.1) is 0 Å². The Bertz CT molecular complexity index is 578. The first-order chi connectivity index (χ1) is 10.7. The summed E-state index contributed by atoms with van der Waals surface area (Å²) in [7, 11) is 0. The Morgan fingerprint density at radius 2 is 1.55 bits per heavy atom. The minimum Gasteiger partial charge on any atom is -0.480 e. The SMILES string of the molecule is NC(CCCCCc1ccc(-c2ccccc2)cc1)C(=O)O. The average molecular weight is 297 g/mol. The number of carboxylic acids is 1. The van der Waals surface area contributed by atoms with Crippen molar-refractivity contribution in [1.29, 1.82) is 0 Å². The molecule has 3 N–H and O–H groups in total. The molecule has 1 unspecified atom stereocenters. The minimum absolute atomic E-state index is 0.558. The van der Waals surface area contributed by atoms with E-state index in [1.807, 2.05) is 18.2 Å². The van der Waals surface area contributed by atoms with Gasteiger partial charge in [0.15, 0.2) is 0 Å². The summed E-state index contributed by atoms with van der Waals surface area (Å²) in [6.45, 7) is 0. The summed E-state index contributed by atoms with van der Waals surface area (Å²) in [4.78, 5) is 10.6. The molecular weight excluding hydrogens is 274 g/mol. The first-order valence-electron chi connectivity index (χ1n) is 7.79. The summed E-state index contributed by atoms with van der Waals surface area (Å²) < 4.78 is 0. The van der Waals surface area contributed by atoms with Crippen LogP contribution in [0.25, 0.3) is 11.1 Å². The van der Waals surface area contributed by atoms with E-state index in [2.05, 4.69) is 36.4 Å². The molecule has 0 aliphatic carbocycles. The third-order valence-corrected chi connectivity index (χ3v) is 3.86. The smallest absolute Gasteiger partial charge is 0.320 e. The molecule has 3 nitrogen and oxygen atoms in total. The Morgan fingerprint density at radius 1 is 0.909 bits per heavy atom. The van der Waals surface area contributed by atoms with Crippen LogP contribution in [0, 0.1) is 0 Å². The fourth-order valence-corrected chi connectivity index (χ4v) is 2.49. The number of rotatable bonds is 8. The fourth-order valence-electron chi connectivity index (χ4n) is 2.49. The van der Waals surface area contributed by atoms with Crippen molar-refractivity contribution in [3.05, 3.63) is 60.2 Å². The molecule has 3 heteroatoms. The third kappa shape index (κ3) is 5.01. The van der Waals surface area contributed by atoms with Crippen LogP contribution in [0.5, 0.6) is 0 Å². The van der Waals surface area contributed by atoms with Crippen LogP contribution < -0.4 is 5.73 Å². The van der Waals surface area contributed by atoms with Crippen molar-refractivity contribution < 1.29 is 9.90 Å². The molecule has 0 radical (unpaired) electrons. The van der Waals surface area contributed by atoms with E-state index in [1.165, 1.54) is 16.7 Å². The van der Waals surface area contributed by atoms with Crippen molar-refractivity contribution in [1.82, 2.24) is 0 Å². The van der Waals surface area contributed by atoms with E-state index < -0.39 is 12.0 Å². The standard InChI is InChI=1S/C19H23NO2/c20-18(19(21)22)10-6-1-3-7-15-11-13-17(14-12-15)16-8-4-2-5-9-16/h2,4-5,8-9,11-14,18H,1,3,6-7,10,20H2,(H,21,22). The van der Waals surface area contributed by atoms with Crippen molar-refractivity contribution in [3.8, 4) is 11.1 Å². The number of aryl methyl sites for hydroxylation is 1. The summed E-state index contributed by atoms with van der Waals surface area (Å²) in [5.41, 5.74) is 9.27. The lowest BCUT2D eigenvalue weighted by Crippen LogP contribution is -2.29. The highest BCUT2D eigenvalue weighted by molar-refractivity contribution is 5.72. The van der Waals surface area contributed by atoms with E-state index in [9.17, 15) is 4.79 Å². The van der Waals surface area contributed by atoms with Gasteiger partial charge < -0.3 is 10.8 Å². The molecule has 0 amide bonds. The van der Waals surface area contributed by atoms with E-state index in [-0.39, 0.29) is 0 Å². The highest BCUT2D eigenvalue weighted by Crippen LogP contribution is 2.20. The van der Waals surface area contributed by atoms with Crippen LogP contribution in [0.2, 0.25) is 0 Å². The zero-order valence-electron chi connectivity index (χ0n) is 12.7. The fraction of sp³-hybridized carbons (Fsp3) is 0.316.